The van der Waals surface area contributed by atoms with E-state index in [2.05, 4.69) is 16.1 Å². The predicted molar refractivity (Wildman–Crippen MR) is 47.9 cm³/mol. The van der Waals surface area contributed by atoms with Gasteiger partial charge in [0.25, 0.3) is 0 Å². The van der Waals surface area contributed by atoms with Crippen LogP contribution in [0.15, 0.2) is 12.1 Å². The van der Waals surface area contributed by atoms with Crippen LogP contribution in [-0.4, -0.2) is 27.9 Å². The zero-order chi connectivity index (χ0) is 10.4. The topological polar surface area (TPSA) is 72.3 Å². The molecule has 14 heavy (non-hydrogen) atoms. The van der Waals surface area contributed by atoms with Crippen molar-refractivity contribution in [2.75, 3.05) is 6.61 Å². The summed E-state index contributed by atoms with van der Waals surface area (Å²) in [5.74, 6) is 1.55. The van der Waals surface area contributed by atoms with Crippen molar-refractivity contribution >= 4 is 5.97 Å². The van der Waals surface area contributed by atoms with E-state index in [4.69, 9.17) is 16.3 Å². The number of hydrogen-bond donors (Lipinski definition) is 1. The van der Waals surface area contributed by atoms with Crippen molar-refractivity contribution < 1.29 is 14.6 Å². The maximum Gasteiger partial charge on any atom is 0.356 e. The first-order chi connectivity index (χ1) is 6.74. The molecule has 1 N–H and O–H groups in total. The van der Waals surface area contributed by atoms with Crippen molar-refractivity contribution in [1.82, 2.24) is 10.2 Å². The molecule has 0 aliphatic heterocycles. The van der Waals surface area contributed by atoms with Crippen LogP contribution in [0, 0.1) is 12.3 Å². The molecule has 0 radical (unpaired) electrons. The minimum absolute atomic E-state index is 0.116. The van der Waals surface area contributed by atoms with Crippen molar-refractivity contribution in [2.45, 2.75) is 6.42 Å². The van der Waals surface area contributed by atoms with Crippen LogP contribution in [0.3, 0.4) is 0 Å². The van der Waals surface area contributed by atoms with Gasteiger partial charge in [-0.1, -0.05) is 0 Å². The van der Waals surface area contributed by atoms with E-state index in [9.17, 15) is 4.79 Å². The van der Waals surface area contributed by atoms with Gasteiger partial charge in [-0.25, -0.2) is 4.79 Å². The third-order valence-electron chi connectivity index (χ3n) is 1.36. The van der Waals surface area contributed by atoms with Crippen LogP contribution in [0.5, 0.6) is 5.88 Å². The molecule has 0 aliphatic rings. The number of nitrogens with zero attached hydrogens (tertiary/aromatic N) is 2. The molecule has 0 aromatic carbocycles. The summed E-state index contributed by atoms with van der Waals surface area (Å²) in [4.78, 5) is 10.4. The number of ether oxygens (including phenoxy) is 1. The number of terminal acetylenes is 1. The third kappa shape index (κ3) is 2.75. The number of aromatic nitrogens is 2. The fourth-order valence-electron chi connectivity index (χ4n) is 0.726. The summed E-state index contributed by atoms with van der Waals surface area (Å²) in [7, 11) is 0. The SMILES string of the molecule is C#CCCOc1ccc(C(=O)O)nn1. The molecule has 72 valence electrons. The van der Waals surface area contributed by atoms with E-state index in [0.29, 0.717) is 13.0 Å². The quantitative estimate of drug-likeness (QED) is 0.558. The molecule has 1 heterocycles. The average molecular weight is 192 g/mol. The van der Waals surface area contributed by atoms with E-state index in [1.54, 1.807) is 0 Å². The fourth-order valence-corrected chi connectivity index (χ4v) is 0.726. The molecule has 5 nitrogen and oxygen atoms in total. The Morgan fingerprint density at radius 1 is 1.57 bits per heavy atom. The standard InChI is InChI=1S/C9H8N2O3/c1-2-3-6-14-8-5-4-7(9(12)13)10-11-8/h1,4-5H,3,6H2,(H,12,13). The van der Waals surface area contributed by atoms with Gasteiger partial charge in [-0.2, -0.15) is 0 Å². The Bertz CT molecular complexity index is 353. The number of carboxylic acids is 1. The van der Waals surface area contributed by atoms with Gasteiger partial charge in [-0.05, 0) is 6.07 Å². The molecule has 0 aliphatic carbocycles. The van der Waals surface area contributed by atoms with Crippen LogP contribution in [0.1, 0.15) is 16.9 Å². The summed E-state index contributed by atoms with van der Waals surface area (Å²) in [6.07, 6.45) is 5.49. The van der Waals surface area contributed by atoms with E-state index >= 15 is 0 Å². The second-order valence-electron chi connectivity index (χ2n) is 2.36. The molecule has 5 heteroatoms. The number of aromatic carboxylic acids is 1. The summed E-state index contributed by atoms with van der Waals surface area (Å²) in [5.41, 5.74) is -0.116. The van der Waals surface area contributed by atoms with Crippen molar-refractivity contribution in [2.24, 2.45) is 0 Å². The van der Waals surface area contributed by atoms with Gasteiger partial charge in [-0.3, -0.25) is 0 Å². The van der Waals surface area contributed by atoms with E-state index in [0.717, 1.165) is 0 Å². The van der Waals surface area contributed by atoms with Gasteiger partial charge in [0.2, 0.25) is 5.88 Å². The molecule has 1 aromatic heterocycles. The Morgan fingerprint density at radius 2 is 2.36 bits per heavy atom. The number of hydrogen-bond acceptors (Lipinski definition) is 4. The molecule has 0 fully saturated rings. The lowest BCUT2D eigenvalue weighted by Gasteiger charge is -2.00. The molecule has 0 saturated heterocycles. The summed E-state index contributed by atoms with van der Waals surface area (Å²) in [6, 6.07) is 2.76. The first kappa shape index (κ1) is 9.99. The Kier molecular flexibility index (Phi) is 3.44. The maximum atomic E-state index is 10.4. The van der Waals surface area contributed by atoms with E-state index in [-0.39, 0.29) is 11.6 Å². The molecule has 0 bridgehead atoms. The Balaban J connectivity index is 2.56. The molecule has 0 spiro atoms. The number of carbonyl (C=O) groups is 1. The van der Waals surface area contributed by atoms with Crippen LogP contribution >= 0.6 is 0 Å². The number of carboxylic acid groups (broad SMARTS) is 1. The molecular weight excluding hydrogens is 184 g/mol. The largest absolute Gasteiger partial charge is 0.476 e. The van der Waals surface area contributed by atoms with E-state index in [1.807, 2.05) is 0 Å². The first-order valence-electron chi connectivity index (χ1n) is 3.87. The Morgan fingerprint density at radius 3 is 2.86 bits per heavy atom. The monoisotopic (exact) mass is 192 g/mol. The highest BCUT2D eigenvalue weighted by Crippen LogP contribution is 2.04. The first-order valence-corrected chi connectivity index (χ1v) is 3.87. The van der Waals surface area contributed by atoms with Gasteiger partial charge < -0.3 is 9.84 Å². The Labute approximate surface area is 80.7 Å². The van der Waals surface area contributed by atoms with Crippen LogP contribution in [-0.2, 0) is 0 Å². The number of rotatable bonds is 4. The van der Waals surface area contributed by atoms with Gasteiger partial charge >= 0.3 is 5.97 Å². The lowest BCUT2D eigenvalue weighted by atomic mass is 10.4. The second kappa shape index (κ2) is 4.82. The molecule has 0 unspecified atom stereocenters. The lowest BCUT2D eigenvalue weighted by Crippen LogP contribution is -2.04. The summed E-state index contributed by atoms with van der Waals surface area (Å²) in [5, 5.41) is 15.5. The van der Waals surface area contributed by atoms with Crippen molar-refractivity contribution in [3.05, 3.63) is 17.8 Å². The predicted octanol–water partition coefficient (Wildman–Crippen LogP) is 0.577. The van der Waals surface area contributed by atoms with Gasteiger partial charge in [0.05, 0.1) is 0 Å². The van der Waals surface area contributed by atoms with Crippen molar-refractivity contribution in [3.63, 3.8) is 0 Å². The highest BCUT2D eigenvalue weighted by Gasteiger charge is 2.04. The fraction of sp³-hybridized carbons (Fsp3) is 0.222. The van der Waals surface area contributed by atoms with Crippen molar-refractivity contribution in [3.8, 4) is 18.2 Å². The van der Waals surface area contributed by atoms with Crippen LogP contribution in [0.25, 0.3) is 0 Å². The summed E-state index contributed by atoms with van der Waals surface area (Å²) in [6.45, 7) is 0.345. The molecular formula is C9H8N2O3. The van der Waals surface area contributed by atoms with Crippen LogP contribution in [0.4, 0.5) is 0 Å². The summed E-state index contributed by atoms with van der Waals surface area (Å²) < 4.78 is 5.07. The molecule has 0 atom stereocenters. The van der Waals surface area contributed by atoms with Gasteiger partial charge in [0.1, 0.15) is 6.61 Å². The molecule has 0 saturated carbocycles. The van der Waals surface area contributed by atoms with Gasteiger partial charge in [0.15, 0.2) is 5.69 Å². The maximum absolute atomic E-state index is 10.4. The van der Waals surface area contributed by atoms with Crippen molar-refractivity contribution in [1.29, 1.82) is 0 Å². The average Bonchev–Trinajstić information content (AvgIpc) is 2.19. The zero-order valence-electron chi connectivity index (χ0n) is 7.30. The smallest absolute Gasteiger partial charge is 0.356 e. The minimum Gasteiger partial charge on any atom is -0.476 e. The third-order valence-corrected chi connectivity index (χ3v) is 1.36. The molecule has 1 rings (SSSR count). The highest BCUT2D eigenvalue weighted by molar-refractivity contribution is 5.84. The Hall–Kier alpha value is -2.09. The highest BCUT2D eigenvalue weighted by atomic mass is 16.5. The second-order valence-corrected chi connectivity index (χ2v) is 2.36. The van der Waals surface area contributed by atoms with Gasteiger partial charge in [-0.15, -0.1) is 22.5 Å². The summed E-state index contributed by atoms with van der Waals surface area (Å²) >= 11 is 0. The van der Waals surface area contributed by atoms with Gasteiger partial charge in [0, 0.05) is 12.5 Å². The molecule has 0 amide bonds. The zero-order valence-corrected chi connectivity index (χ0v) is 7.30. The van der Waals surface area contributed by atoms with E-state index < -0.39 is 5.97 Å². The van der Waals surface area contributed by atoms with Crippen LogP contribution in [0.2, 0.25) is 0 Å². The minimum atomic E-state index is -1.12. The van der Waals surface area contributed by atoms with Crippen LogP contribution < -0.4 is 4.74 Å². The normalized spacial score (nSPS) is 9.07. The van der Waals surface area contributed by atoms with E-state index in [1.165, 1.54) is 12.1 Å². The lowest BCUT2D eigenvalue weighted by molar-refractivity contribution is 0.0689. The molecule has 1 aromatic rings.